The standard InChI is InChI=1S/C27H44N8O8/c1-5-20(33-27(40)43-16-17(2)3)24(38)31-18(4)23(37)32-21(12-9-14-30-26(28)34-35(41)42)22(36)25(39)29-15-13-19-10-7-6-8-11-19/h6-8,10-11,17-18,20-22,36H,5,9,12-16H2,1-4H3,(H,29,39)(H,31,38)(H,32,37)(H,33,40)(H3,28,30,34). The average molecular weight is 609 g/mol. The number of nitrogens with one attached hydrogen (secondary N) is 5. The van der Waals surface area contributed by atoms with E-state index in [1.54, 1.807) is 6.92 Å². The number of hydrogen-bond donors (Lipinski definition) is 7. The van der Waals surface area contributed by atoms with E-state index in [0.717, 1.165) is 5.56 Å². The molecule has 4 amide bonds. The van der Waals surface area contributed by atoms with E-state index in [4.69, 9.17) is 10.5 Å². The van der Waals surface area contributed by atoms with Gasteiger partial charge in [-0.2, -0.15) is 0 Å². The maximum Gasteiger partial charge on any atom is 0.407 e. The molecular formula is C27H44N8O8. The van der Waals surface area contributed by atoms with E-state index in [9.17, 15) is 34.4 Å². The summed E-state index contributed by atoms with van der Waals surface area (Å²) in [5.74, 6) is -2.33. The minimum Gasteiger partial charge on any atom is -0.449 e. The number of hydrogen-bond acceptors (Lipinski definition) is 8. The van der Waals surface area contributed by atoms with Crippen molar-refractivity contribution in [1.29, 1.82) is 0 Å². The zero-order valence-electron chi connectivity index (χ0n) is 25.0. The Labute approximate surface area is 250 Å². The van der Waals surface area contributed by atoms with Gasteiger partial charge < -0.3 is 42.2 Å². The van der Waals surface area contributed by atoms with Crippen LogP contribution in [-0.4, -0.2) is 83.8 Å². The number of nitrogens with two attached hydrogens (primary N) is 1. The molecule has 0 heterocycles. The third kappa shape index (κ3) is 15.4. The minimum absolute atomic E-state index is 0.0687. The van der Waals surface area contributed by atoms with E-state index in [1.165, 1.54) is 6.92 Å². The highest BCUT2D eigenvalue weighted by atomic mass is 16.7. The molecule has 0 spiro atoms. The van der Waals surface area contributed by atoms with Crippen molar-refractivity contribution < 1.29 is 34.1 Å². The second-order valence-electron chi connectivity index (χ2n) is 10.2. The third-order valence-electron chi connectivity index (χ3n) is 6.04. The molecule has 4 atom stereocenters. The van der Waals surface area contributed by atoms with Crippen LogP contribution >= 0.6 is 0 Å². The van der Waals surface area contributed by atoms with Gasteiger partial charge in [0.15, 0.2) is 11.1 Å². The van der Waals surface area contributed by atoms with Crippen molar-refractivity contribution in [2.45, 2.75) is 77.6 Å². The summed E-state index contributed by atoms with van der Waals surface area (Å²) in [6, 6.07) is 6.28. The van der Waals surface area contributed by atoms with Crippen molar-refractivity contribution in [1.82, 2.24) is 26.6 Å². The first kappa shape index (κ1) is 36.6. The topological polar surface area (TPSA) is 239 Å². The molecule has 0 radical (unpaired) electrons. The summed E-state index contributed by atoms with van der Waals surface area (Å²) < 4.78 is 5.04. The number of ether oxygens (including phenoxy) is 1. The highest BCUT2D eigenvalue weighted by Crippen LogP contribution is 2.06. The lowest BCUT2D eigenvalue weighted by molar-refractivity contribution is -0.485. The summed E-state index contributed by atoms with van der Waals surface area (Å²) in [4.78, 5) is 60.9. The number of hydrazone groups is 1. The zero-order chi connectivity index (χ0) is 32.4. The first-order chi connectivity index (χ1) is 20.3. The summed E-state index contributed by atoms with van der Waals surface area (Å²) in [6.07, 6.45) is -1.35. The molecule has 1 rings (SSSR count). The average Bonchev–Trinajstić information content (AvgIpc) is 2.95. The van der Waals surface area contributed by atoms with Gasteiger partial charge in [-0.3, -0.25) is 14.4 Å². The second kappa shape index (κ2) is 19.6. The Morgan fingerprint density at radius 1 is 1.00 bits per heavy atom. The van der Waals surface area contributed by atoms with Gasteiger partial charge in [0.25, 0.3) is 11.9 Å². The van der Waals surface area contributed by atoms with Crippen LogP contribution in [0.5, 0.6) is 0 Å². The van der Waals surface area contributed by atoms with Crippen LogP contribution in [0.15, 0.2) is 35.4 Å². The number of rotatable bonds is 18. The fourth-order valence-electron chi connectivity index (χ4n) is 3.70. The number of carbonyl (C=O) groups excluding carboxylic acids is 4. The van der Waals surface area contributed by atoms with Gasteiger partial charge in [-0.1, -0.05) is 51.1 Å². The normalized spacial score (nSPS) is 14.0. The third-order valence-corrected chi connectivity index (χ3v) is 6.04. The van der Waals surface area contributed by atoms with Gasteiger partial charge in [-0.15, -0.1) is 0 Å². The van der Waals surface area contributed by atoms with Crippen molar-refractivity contribution in [3.63, 3.8) is 0 Å². The number of nitro groups is 1. The van der Waals surface area contributed by atoms with Crippen LogP contribution in [0, 0.1) is 16.0 Å². The predicted molar refractivity (Wildman–Crippen MR) is 158 cm³/mol. The van der Waals surface area contributed by atoms with Crippen LogP contribution in [0.4, 0.5) is 4.79 Å². The van der Waals surface area contributed by atoms with Crippen molar-refractivity contribution in [2.75, 3.05) is 19.7 Å². The number of aliphatic hydroxyl groups is 1. The van der Waals surface area contributed by atoms with E-state index in [1.807, 2.05) is 44.2 Å². The molecule has 16 nitrogen and oxygen atoms in total. The lowest BCUT2D eigenvalue weighted by Gasteiger charge is -2.26. The number of alkyl carbamates (subject to hydrolysis) is 1. The number of carbonyl (C=O) groups is 4. The molecule has 1 aromatic carbocycles. The Kier molecular flexibility index (Phi) is 16.7. The van der Waals surface area contributed by atoms with Crippen molar-refractivity contribution >= 4 is 29.8 Å². The lowest BCUT2D eigenvalue weighted by atomic mass is 10.0. The Balaban J connectivity index is 2.81. The molecule has 240 valence electrons. The van der Waals surface area contributed by atoms with Crippen LogP contribution in [0.1, 0.15) is 52.5 Å². The Morgan fingerprint density at radius 2 is 1.67 bits per heavy atom. The number of aliphatic hydroxyl groups excluding tert-OH is 1. The molecule has 0 bridgehead atoms. The Bertz CT molecular complexity index is 1090. The van der Waals surface area contributed by atoms with Gasteiger partial charge in [0, 0.05) is 13.1 Å². The van der Waals surface area contributed by atoms with Gasteiger partial charge in [0.05, 0.1) is 12.6 Å². The van der Waals surface area contributed by atoms with Crippen LogP contribution < -0.4 is 32.3 Å². The molecule has 43 heavy (non-hydrogen) atoms. The maximum atomic E-state index is 13.0. The van der Waals surface area contributed by atoms with E-state index < -0.39 is 59.0 Å². The van der Waals surface area contributed by atoms with Gasteiger partial charge in [-0.25, -0.2) is 14.9 Å². The predicted octanol–water partition coefficient (Wildman–Crippen LogP) is -0.267. The molecule has 0 fully saturated rings. The molecule has 16 heteroatoms. The number of benzene rings is 1. The van der Waals surface area contributed by atoms with Gasteiger partial charge >= 0.3 is 6.09 Å². The summed E-state index contributed by atoms with van der Waals surface area (Å²) in [7, 11) is 0. The van der Waals surface area contributed by atoms with E-state index in [-0.39, 0.29) is 44.9 Å². The Hall–Kier alpha value is -4.47. The SMILES string of the molecule is CCC(NC(=O)OCC(C)C)C(=O)NC(C)C(=O)NC(CCCN/C(N)=N/[N+](=O)[O-])C(O)C(=O)NCCc1ccccc1. The monoisotopic (exact) mass is 608 g/mol. The zero-order valence-corrected chi connectivity index (χ0v) is 25.0. The van der Waals surface area contributed by atoms with Crippen LogP contribution in [-0.2, 0) is 25.5 Å². The molecule has 0 aromatic heterocycles. The minimum atomic E-state index is -1.65. The van der Waals surface area contributed by atoms with Crippen LogP contribution in [0.3, 0.4) is 0 Å². The highest BCUT2D eigenvalue weighted by Gasteiger charge is 2.30. The summed E-state index contributed by atoms with van der Waals surface area (Å²) in [6.45, 7) is 7.35. The molecule has 0 saturated heterocycles. The number of nitrogens with zero attached hydrogens (tertiary/aromatic N) is 2. The quantitative estimate of drug-likeness (QED) is 0.0378. The molecular weight excluding hydrogens is 564 g/mol. The summed E-state index contributed by atoms with van der Waals surface area (Å²) in [5, 5.41) is 35.9. The summed E-state index contributed by atoms with van der Waals surface area (Å²) in [5.41, 5.74) is 6.39. The fraction of sp³-hybridized carbons (Fsp3) is 0.593. The molecule has 4 unspecified atom stereocenters. The number of guanidine groups is 1. The van der Waals surface area contributed by atoms with Crippen molar-refractivity contribution in [3.05, 3.63) is 46.0 Å². The molecule has 0 aliphatic heterocycles. The molecule has 0 saturated carbocycles. The lowest BCUT2D eigenvalue weighted by Crippen LogP contribution is -2.57. The second-order valence-corrected chi connectivity index (χ2v) is 10.2. The van der Waals surface area contributed by atoms with E-state index in [2.05, 4.69) is 31.7 Å². The molecule has 8 N–H and O–H groups in total. The Morgan fingerprint density at radius 3 is 2.28 bits per heavy atom. The van der Waals surface area contributed by atoms with Crippen LogP contribution in [0.25, 0.3) is 0 Å². The van der Waals surface area contributed by atoms with E-state index >= 15 is 0 Å². The highest BCUT2D eigenvalue weighted by molar-refractivity contribution is 5.91. The molecule has 1 aromatic rings. The maximum absolute atomic E-state index is 13.0. The fourth-order valence-corrected chi connectivity index (χ4v) is 3.70. The largest absolute Gasteiger partial charge is 0.449 e. The van der Waals surface area contributed by atoms with Gasteiger partial charge in [0.1, 0.15) is 17.2 Å². The molecule has 0 aliphatic carbocycles. The van der Waals surface area contributed by atoms with Crippen LogP contribution in [0.2, 0.25) is 0 Å². The van der Waals surface area contributed by atoms with Gasteiger partial charge in [0.2, 0.25) is 11.8 Å². The van der Waals surface area contributed by atoms with E-state index in [0.29, 0.717) is 6.42 Å². The van der Waals surface area contributed by atoms with Crippen molar-refractivity contribution in [3.8, 4) is 0 Å². The summed E-state index contributed by atoms with van der Waals surface area (Å²) >= 11 is 0. The first-order valence-electron chi connectivity index (χ1n) is 14.1. The number of amides is 4. The first-order valence-corrected chi connectivity index (χ1v) is 14.1. The van der Waals surface area contributed by atoms with Crippen molar-refractivity contribution in [2.24, 2.45) is 16.8 Å². The molecule has 0 aliphatic rings. The van der Waals surface area contributed by atoms with Gasteiger partial charge in [-0.05, 0) is 44.1 Å². The smallest absolute Gasteiger partial charge is 0.407 e.